The first-order valence-corrected chi connectivity index (χ1v) is 9.26. The summed E-state index contributed by atoms with van der Waals surface area (Å²) in [5, 5.41) is 3.21. The number of hydrogen-bond acceptors (Lipinski definition) is 3. The second-order valence-corrected chi connectivity index (χ2v) is 7.76. The van der Waals surface area contributed by atoms with Crippen molar-refractivity contribution >= 4 is 33.2 Å². The van der Waals surface area contributed by atoms with Crippen LogP contribution >= 0.6 is 11.6 Å². The minimum Gasteiger partial charge on any atom is -0.325 e. The Kier molecular flexibility index (Phi) is 5.99. The highest BCUT2D eigenvalue weighted by atomic mass is 35.5. The van der Waals surface area contributed by atoms with Crippen LogP contribution in [0, 0.1) is 0 Å². The number of hydrogen-bond donors (Lipinski definition) is 1. The van der Waals surface area contributed by atoms with Crippen LogP contribution in [0.25, 0.3) is 0 Å². The maximum absolute atomic E-state index is 12.5. The Labute approximate surface area is 147 Å². The molecule has 5 nitrogen and oxygen atoms in total. The summed E-state index contributed by atoms with van der Waals surface area (Å²) in [7, 11) is -2.37. The standard InChI is InChI=1S/C17H19ClN2O3S/c1-3-13-6-4-5-7-16(13)19-17(21)12-20(2)24(22,23)15-10-8-14(18)9-11-15/h4-11H,3,12H2,1-2H3,(H,19,21). The van der Waals surface area contributed by atoms with Crippen LogP contribution in [-0.2, 0) is 21.2 Å². The van der Waals surface area contributed by atoms with E-state index in [1.165, 1.54) is 31.3 Å². The maximum atomic E-state index is 12.5. The molecule has 2 aromatic rings. The summed E-state index contributed by atoms with van der Waals surface area (Å²) in [5.41, 5.74) is 1.69. The number of likely N-dealkylation sites (N-methyl/N-ethyl adjacent to an activating group) is 1. The Balaban J connectivity index is 2.09. The number of aryl methyl sites for hydroxylation is 1. The number of anilines is 1. The van der Waals surface area contributed by atoms with Gasteiger partial charge < -0.3 is 5.32 Å². The molecule has 0 heterocycles. The Morgan fingerprint density at radius 3 is 2.38 bits per heavy atom. The van der Waals surface area contributed by atoms with Gasteiger partial charge in [-0.3, -0.25) is 4.79 Å². The quantitative estimate of drug-likeness (QED) is 0.853. The van der Waals surface area contributed by atoms with E-state index in [1.807, 2.05) is 25.1 Å². The molecule has 0 saturated carbocycles. The normalized spacial score (nSPS) is 11.5. The fourth-order valence-corrected chi connectivity index (χ4v) is 3.47. The van der Waals surface area contributed by atoms with Gasteiger partial charge in [-0.05, 0) is 42.3 Å². The van der Waals surface area contributed by atoms with Crippen molar-refractivity contribution < 1.29 is 13.2 Å². The smallest absolute Gasteiger partial charge is 0.243 e. The molecule has 0 bridgehead atoms. The van der Waals surface area contributed by atoms with E-state index in [2.05, 4.69) is 5.32 Å². The number of carbonyl (C=O) groups is 1. The second-order valence-electron chi connectivity index (χ2n) is 5.27. The molecular formula is C17H19ClN2O3S. The van der Waals surface area contributed by atoms with Gasteiger partial charge in [0.15, 0.2) is 0 Å². The average molecular weight is 367 g/mol. The van der Waals surface area contributed by atoms with Gasteiger partial charge >= 0.3 is 0 Å². The van der Waals surface area contributed by atoms with Crippen LogP contribution in [0.5, 0.6) is 0 Å². The van der Waals surface area contributed by atoms with E-state index in [-0.39, 0.29) is 11.4 Å². The van der Waals surface area contributed by atoms with Gasteiger partial charge in [0.25, 0.3) is 0 Å². The molecule has 0 aliphatic heterocycles. The average Bonchev–Trinajstić information content (AvgIpc) is 2.55. The number of nitrogens with one attached hydrogen (secondary N) is 1. The molecule has 1 N–H and O–H groups in total. The molecule has 1 amide bonds. The first-order chi connectivity index (χ1) is 11.3. The van der Waals surface area contributed by atoms with Crippen molar-refractivity contribution in [3.63, 3.8) is 0 Å². The summed E-state index contributed by atoms with van der Waals surface area (Å²) in [6.07, 6.45) is 0.773. The summed E-state index contributed by atoms with van der Waals surface area (Å²) in [5.74, 6) is -0.393. The summed E-state index contributed by atoms with van der Waals surface area (Å²) in [4.78, 5) is 12.3. The lowest BCUT2D eigenvalue weighted by molar-refractivity contribution is -0.116. The van der Waals surface area contributed by atoms with Crippen molar-refractivity contribution in [2.75, 3.05) is 18.9 Å². The zero-order valence-electron chi connectivity index (χ0n) is 13.5. The molecular weight excluding hydrogens is 348 g/mol. The Bertz CT molecular complexity index is 820. The molecule has 0 aromatic heterocycles. The number of nitrogens with zero attached hydrogens (tertiary/aromatic N) is 1. The number of carbonyl (C=O) groups excluding carboxylic acids is 1. The van der Waals surface area contributed by atoms with E-state index in [0.29, 0.717) is 10.7 Å². The minimum atomic E-state index is -3.74. The number of benzene rings is 2. The van der Waals surface area contributed by atoms with E-state index in [1.54, 1.807) is 6.07 Å². The fourth-order valence-electron chi connectivity index (χ4n) is 2.21. The number of rotatable bonds is 6. The molecule has 0 unspecified atom stereocenters. The van der Waals surface area contributed by atoms with Crippen molar-refractivity contribution in [2.24, 2.45) is 0 Å². The third kappa shape index (κ3) is 4.35. The lowest BCUT2D eigenvalue weighted by atomic mass is 10.1. The predicted octanol–water partition coefficient (Wildman–Crippen LogP) is 3.16. The van der Waals surface area contributed by atoms with Gasteiger partial charge in [-0.15, -0.1) is 0 Å². The van der Waals surface area contributed by atoms with Gasteiger partial charge in [0, 0.05) is 17.8 Å². The van der Waals surface area contributed by atoms with Crippen LogP contribution in [0.2, 0.25) is 5.02 Å². The highest BCUT2D eigenvalue weighted by molar-refractivity contribution is 7.89. The largest absolute Gasteiger partial charge is 0.325 e. The highest BCUT2D eigenvalue weighted by Gasteiger charge is 2.23. The van der Waals surface area contributed by atoms with E-state index in [4.69, 9.17) is 11.6 Å². The number of para-hydroxylation sites is 1. The van der Waals surface area contributed by atoms with Crippen LogP contribution in [0.1, 0.15) is 12.5 Å². The van der Waals surface area contributed by atoms with Crippen LogP contribution in [0.3, 0.4) is 0 Å². The second kappa shape index (κ2) is 7.79. The van der Waals surface area contributed by atoms with Gasteiger partial charge in [0.2, 0.25) is 15.9 Å². The number of halogens is 1. The lowest BCUT2D eigenvalue weighted by Gasteiger charge is -2.17. The molecule has 0 fully saturated rings. The number of amides is 1. The van der Waals surface area contributed by atoms with Crippen LogP contribution in [0.4, 0.5) is 5.69 Å². The summed E-state index contributed by atoms with van der Waals surface area (Å²) in [6, 6.07) is 13.3. The summed E-state index contributed by atoms with van der Waals surface area (Å²) in [6.45, 7) is 1.71. The topological polar surface area (TPSA) is 66.5 Å². The lowest BCUT2D eigenvalue weighted by Crippen LogP contribution is -2.35. The van der Waals surface area contributed by atoms with E-state index < -0.39 is 15.9 Å². The number of sulfonamides is 1. The third-order valence-corrected chi connectivity index (χ3v) is 5.63. The van der Waals surface area contributed by atoms with Gasteiger partial charge in [-0.2, -0.15) is 4.31 Å². The zero-order chi connectivity index (χ0) is 17.7. The van der Waals surface area contributed by atoms with E-state index in [0.717, 1.165) is 16.3 Å². The Morgan fingerprint density at radius 2 is 1.75 bits per heavy atom. The first kappa shape index (κ1) is 18.4. The van der Waals surface area contributed by atoms with E-state index >= 15 is 0 Å². The molecule has 0 atom stereocenters. The van der Waals surface area contributed by atoms with Crippen molar-refractivity contribution in [3.05, 3.63) is 59.1 Å². The molecule has 24 heavy (non-hydrogen) atoms. The van der Waals surface area contributed by atoms with Crippen molar-refractivity contribution in [2.45, 2.75) is 18.2 Å². The predicted molar refractivity (Wildman–Crippen MR) is 95.7 cm³/mol. The fraction of sp³-hybridized carbons (Fsp3) is 0.235. The minimum absolute atomic E-state index is 0.0937. The van der Waals surface area contributed by atoms with Crippen molar-refractivity contribution in [3.8, 4) is 0 Å². The highest BCUT2D eigenvalue weighted by Crippen LogP contribution is 2.18. The third-order valence-electron chi connectivity index (χ3n) is 3.56. The first-order valence-electron chi connectivity index (χ1n) is 7.44. The molecule has 2 aromatic carbocycles. The Morgan fingerprint density at radius 1 is 1.12 bits per heavy atom. The van der Waals surface area contributed by atoms with Gasteiger partial charge in [-0.1, -0.05) is 36.7 Å². The van der Waals surface area contributed by atoms with Crippen LogP contribution in [-0.4, -0.2) is 32.2 Å². The molecule has 128 valence electrons. The summed E-state index contributed by atoms with van der Waals surface area (Å²) < 4.78 is 25.9. The molecule has 2 rings (SSSR count). The van der Waals surface area contributed by atoms with Gasteiger partial charge in [-0.25, -0.2) is 8.42 Å². The molecule has 0 aliphatic rings. The molecule has 0 saturated heterocycles. The SMILES string of the molecule is CCc1ccccc1NC(=O)CN(C)S(=O)(=O)c1ccc(Cl)cc1. The molecule has 0 radical (unpaired) electrons. The summed E-state index contributed by atoms with van der Waals surface area (Å²) >= 11 is 5.77. The zero-order valence-corrected chi connectivity index (χ0v) is 15.1. The van der Waals surface area contributed by atoms with Crippen molar-refractivity contribution in [1.82, 2.24) is 4.31 Å². The Hall–Kier alpha value is -1.89. The molecule has 0 aliphatic carbocycles. The van der Waals surface area contributed by atoms with Gasteiger partial charge in [0.1, 0.15) is 0 Å². The van der Waals surface area contributed by atoms with Crippen LogP contribution < -0.4 is 5.32 Å². The van der Waals surface area contributed by atoms with Crippen LogP contribution in [0.15, 0.2) is 53.4 Å². The maximum Gasteiger partial charge on any atom is 0.243 e. The van der Waals surface area contributed by atoms with Gasteiger partial charge in [0.05, 0.1) is 11.4 Å². The monoisotopic (exact) mass is 366 g/mol. The molecule has 0 spiro atoms. The van der Waals surface area contributed by atoms with E-state index in [9.17, 15) is 13.2 Å². The van der Waals surface area contributed by atoms with Crippen molar-refractivity contribution in [1.29, 1.82) is 0 Å². The molecule has 7 heteroatoms.